The van der Waals surface area contributed by atoms with Gasteiger partial charge in [-0.3, -0.25) is 4.79 Å². The van der Waals surface area contributed by atoms with E-state index in [9.17, 15) is 14.4 Å². The van der Waals surface area contributed by atoms with Gasteiger partial charge in [-0.05, 0) is 45.2 Å². The lowest BCUT2D eigenvalue weighted by molar-refractivity contribution is 0.0550. The predicted molar refractivity (Wildman–Crippen MR) is 129 cm³/mol. The van der Waals surface area contributed by atoms with Gasteiger partial charge in [0.05, 0.1) is 12.8 Å². The molecule has 1 aromatic carbocycles. The summed E-state index contributed by atoms with van der Waals surface area (Å²) in [5, 5.41) is 2.97. The Labute approximate surface area is 200 Å². The van der Waals surface area contributed by atoms with E-state index in [0.717, 1.165) is 16.8 Å². The van der Waals surface area contributed by atoms with Gasteiger partial charge >= 0.3 is 12.0 Å². The first-order chi connectivity index (χ1) is 16.0. The molecule has 9 heteroatoms. The zero-order chi connectivity index (χ0) is 25.2. The van der Waals surface area contributed by atoms with E-state index in [1.54, 1.807) is 16.7 Å². The van der Waals surface area contributed by atoms with Crippen molar-refractivity contribution in [2.24, 2.45) is 0 Å². The number of aromatic nitrogens is 2. The van der Waals surface area contributed by atoms with Gasteiger partial charge in [-0.1, -0.05) is 31.5 Å². The first-order valence-corrected chi connectivity index (χ1v) is 11.4. The summed E-state index contributed by atoms with van der Waals surface area (Å²) in [6.45, 7) is 12.4. The molecular formula is C25H33N5O4. The highest BCUT2D eigenvalue weighted by atomic mass is 16.5. The maximum atomic E-state index is 13.5. The minimum atomic E-state index is -0.633. The number of hydrogen-bond acceptors (Lipinski definition) is 6. The maximum absolute atomic E-state index is 13.5. The van der Waals surface area contributed by atoms with E-state index in [0.29, 0.717) is 31.2 Å². The highest BCUT2D eigenvalue weighted by molar-refractivity contribution is 6.04. The number of rotatable bonds is 4. The molecule has 1 aliphatic heterocycles. The minimum Gasteiger partial charge on any atom is -0.465 e. The van der Waals surface area contributed by atoms with Gasteiger partial charge in [0.1, 0.15) is 17.1 Å². The van der Waals surface area contributed by atoms with Crippen molar-refractivity contribution >= 4 is 23.6 Å². The molecule has 0 aliphatic carbocycles. The normalized spacial score (nSPS) is 15.9. The van der Waals surface area contributed by atoms with Crippen LogP contribution in [0, 0.1) is 20.8 Å². The van der Waals surface area contributed by atoms with E-state index in [2.05, 4.69) is 15.3 Å². The van der Waals surface area contributed by atoms with Crippen molar-refractivity contribution in [1.29, 1.82) is 0 Å². The summed E-state index contributed by atoms with van der Waals surface area (Å²) >= 11 is 0. The van der Waals surface area contributed by atoms with Crippen LogP contribution < -0.4 is 5.32 Å². The molecule has 1 fully saturated rings. The number of hydrogen-bond donors (Lipinski definition) is 1. The summed E-state index contributed by atoms with van der Waals surface area (Å²) in [6, 6.07) is 5.44. The van der Waals surface area contributed by atoms with Crippen molar-refractivity contribution in [1.82, 2.24) is 19.8 Å². The Morgan fingerprint density at radius 2 is 1.82 bits per heavy atom. The Kier molecular flexibility index (Phi) is 7.54. The van der Waals surface area contributed by atoms with Crippen LogP contribution in [-0.2, 0) is 4.74 Å². The Hall–Kier alpha value is -3.49. The van der Waals surface area contributed by atoms with Gasteiger partial charge in [-0.25, -0.2) is 19.6 Å². The number of amides is 3. The SMILES string of the molecule is COC(=O)c1c(C(=O)N2CCN(C(=O)Nc3ccc(C)cc3C)C(C)C2)nc(C)nc1C(C)C. The Bertz CT molecular complexity index is 1110. The van der Waals surface area contributed by atoms with E-state index >= 15 is 0 Å². The van der Waals surface area contributed by atoms with E-state index < -0.39 is 5.97 Å². The monoisotopic (exact) mass is 467 g/mol. The third kappa shape index (κ3) is 5.18. The highest BCUT2D eigenvalue weighted by Gasteiger charge is 2.34. The molecule has 0 radical (unpaired) electrons. The molecule has 182 valence electrons. The highest BCUT2D eigenvalue weighted by Crippen LogP contribution is 2.24. The van der Waals surface area contributed by atoms with Gasteiger partial charge in [0.15, 0.2) is 0 Å². The lowest BCUT2D eigenvalue weighted by Crippen LogP contribution is -2.56. The van der Waals surface area contributed by atoms with Gasteiger partial charge in [-0.15, -0.1) is 0 Å². The van der Waals surface area contributed by atoms with Crippen molar-refractivity contribution in [2.75, 3.05) is 32.1 Å². The summed E-state index contributed by atoms with van der Waals surface area (Å²) in [4.78, 5) is 51.0. The number of nitrogens with zero attached hydrogens (tertiary/aromatic N) is 4. The Balaban J connectivity index is 1.79. The number of anilines is 1. The average molecular weight is 468 g/mol. The number of esters is 1. The molecule has 0 bridgehead atoms. The van der Waals surface area contributed by atoms with Crippen LogP contribution in [0.15, 0.2) is 18.2 Å². The van der Waals surface area contributed by atoms with Crippen molar-refractivity contribution < 1.29 is 19.1 Å². The van der Waals surface area contributed by atoms with Crippen LogP contribution in [0.3, 0.4) is 0 Å². The number of ether oxygens (including phenoxy) is 1. The van der Waals surface area contributed by atoms with Gasteiger partial charge < -0.3 is 19.9 Å². The standard InChI is InChI=1S/C25H33N5O4/c1-14(2)21-20(24(32)34-7)22(27-18(6)26-21)23(31)29-10-11-30(17(5)13-29)25(33)28-19-9-8-15(3)12-16(19)4/h8-9,12,14,17H,10-11,13H2,1-7H3,(H,28,33). The van der Waals surface area contributed by atoms with Crippen LogP contribution in [0.2, 0.25) is 0 Å². The minimum absolute atomic E-state index is 0.0448. The second-order valence-electron chi connectivity index (χ2n) is 9.07. The molecule has 1 unspecified atom stereocenters. The summed E-state index contributed by atoms with van der Waals surface area (Å²) in [5.41, 5.74) is 3.52. The van der Waals surface area contributed by atoms with Gasteiger partial charge in [0.2, 0.25) is 0 Å². The molecule has 9 nitrogen and oxygen atoms in total. The van der Waals surface area contributed by atoms with E-state index in [4.69, 9.17) is 4.74 Å². The molecular weight excluding hydrogens is 434 g/mol. The third-order valence-electron chi connectivity index (χ3n) is 5.99. The van der Waals surface area contributed by atoms with Crippen molar-refractivity contribution in [3.8, 4) is 0 Å². The molecule has 34 heavy (non-hydrogen) atoms. The number of nitrogens with one attached hydrogen (secondary N) is 1. The zero-order valence-corrected chi connectivity index (χ0v) is 20.9. The smallest absolute Gasteiger partial charge is 0.342 e. The molecule has 1 atom stereocenters. The van der Waals surface area contributed by atoms with Crippen LogP contribution in [0.1, 0.15) is 70.2 Å². The fraction of sp³-hybridized carbons (Fsp3) is 0.480. The van der Waals surface area contributed by atoms with Gasteiger partial charge in [-0.2, -0.15) is 0 Å². The fourth-order valence-electron chi connectivity index (χ4n) is 4.20. The van der Waals surface area contributed by atoms with Crippen molar-refractivity contribution in [3.63, 3.8) is 0 Å². The number of piperazine rings is 1. The molecule has 1 aliphatic rings. The lowest BCUT2D eigenvalue weighted by Gasteiger charge is -2.39. The number of carbonyl (C=O) groups excluding carboxylic acids is 3. The number of urea groups is 1. The molecule has 1 aromatic heterocycles. The van der Waals surface area contributed by atoms with E-state index in [1.807, 2.05) is 52.8 Å². The molecule has 2 heterocycles. The first-order valence-electron chi connectivity index (χ1n) is 11.4. The van der Waals surface area contributed by atoms with Crippen LogP contribution in [0.25, 0.3) is 0 Å². The summed E-state index contributed by atoms with van der Waals surface area (Å²) in [6.07, 6.45) is 0. The topological polar surface area (TPSA) is 105 Å². The zero-order valence-electron chi connectivity index (χ0n) is 20.9. The summed E-state index contributed by atoms with van der Waals surface area (Å²) in [7, 11) is 1.27. The second kappa shape index (κ2) is 10.2. The molecule has 0 spiro atoms. The average Bonchev–Trinajstić information content (AvgIpc) is 2.79. The molecule has 3 amide bonds. The molecule has 0 saturated carbocycles. The maximum Gasteiger partial charge on any atom is 0.342 e. The summed E-state index contributed by atoms with van der Waals surface area (Å²) < 4.78 is 4.94. The molecule has 2 aromatic rings. The molecule has 1 saturated heterocycles. The lowest BCUT2D eigenvalue weighted by atomic mass is 10.0. The summed E-state index contributed by atoms with van der Waals surface area (Å²) in [5.74, 6) is -0.674. The predicted octanol–water partition coefficient (Wildman–Crippen LogP) is 3.69. The van der Waals surface area contributed by atoms with Gasteiger partial charge in [0, 0.05) is 31.4 Å². The molecule has 3 rings (SSSR count). The molecule has 1 N–H and O–H groups in total. The van der Waals surface area contributed by atoms with Crippen LogP contribution in [-0.4, -0.2) is 70.5 Å². The van der Waals surface area contributed by atoms with E-state index in [-0.39, 0.29) is 35.2 Å². The number of aryl methyl sites for hydroxylation is 3. The second-order valence-corrected chi connectivity index (χ2v) is 9.07. The van der Waals surface area contributed by atoms with E-state index in [1.165, 1.54) is 7.11 Å². The number of carbonyl (C=O) groups is 3. The van der Waals surface area contributed by atoms with Crippen LogP contribution >= 0.6 is 0 Å². The first kappa shape index (κ1) is 25.1. The number of methoxy groups -OCH3 is 1. The largest absolute Gasteiger partial charge is 0.465 e. The van der Waals surface area contributed by atoms with Crippen molar-refractivity contribution in [3.05, 3.63) is 52.1 Å². The van der Waals surface area contributed by atoms with Gasteiger partial charge in [0.25, 0.3) is 5.91 Å². The quantitative estimate of drug-likeness (QED) is 0.688. The fourth-order valence-corrected chi connectivity index (χ4v) is 4.20. The third-order valence-corrected chi connectivity index (χ3v) is 5.99. The van der Waals surface area contributed by atoms with Crippen LogP contribution in [0.4, 0.5) is 10.5 Å². The Morgan fingerprint density at radius 3 is 2.41 bits per heavy atom. The Morgan fingerprint density at radius 1 is 1.12 bits per heavy atom. The van der Waals surface area contributed by atoms with Crippen molar-refractivity contribution in [2.45, 2.75) is 53.5 Å². The number of benzene rings is 1. The van der Waals surface area contributed by atoms with Crippen LogP contribution in [0.5, 0.6) is 0 Å².